The van der Waals surface area contributed by atoms with Crippen molar-refractivity contribution in [2.75, 3.05) is 5.32 Å². The van der Waals surface area contributed by atoms with Crippen molar-refractivity contribution in [3.8, 4) is 0 Å². The maximum Gasteiger partial charge on any atom is 0.269 e. The lowest BCUT2D eigenvalue weighted by Crippen LogP contribution is -2.33. The molecule has 6 nitrogen and oxygen atoms in total. The van der Waals surface area contributed by atoms with Crippen LogP contribution in [-0.2, 0) is 4.79 Å². The van der Waals surface area contributed by atoms with Gasteiger partial charge in [0.2, 0.25) is 5.91 Å². The fraction of sp³-hybridized carbons (Fsp3) is 0. The second kappa shape index (κ2) is 7.93. The molecule has 8 heteroatoms. The topological polar surface area (TPSA) is 84.3 Å². The number of halogens is 1. The fourth-order valence-corrected chi connectivity index (χ4v) is 1.96. The summed E-state index contributed by atoms with van der Waals surface area (Å²) in [5.74, 6) is -1.00. The van der Waals surface area contributed by atoms with Gasteiger partial charge in [-0.1, -0.05) is 12.1 Å². The quantitative estimate of drug-likeness (QED) is 0.385. The van der Waals surface area contributed by atoms with Crippen molar-refractivity contribution in [3.63, 3.8) is 0 Å². The van der Waals surface area contributed by atoms with E-state index in [1.54, 1.807) is 6.07 Å². The van der Waals surface area contributed by atoms with E-state index in [-0.39, 0.29) is 16.5 Å². The summed E-state index contributed by atoms with van der Waals surface area (Å²) < 4.78 is 13.4. The molecule has 1 amide bonds. The van der Waals surface area contributed by atoms with Gasteiger partial charge in [0.15, 0.2) is 5.11 Å². The van der Waals surface area contributed by atoms with Crippen LogP contribution in [0, 0.1) is 15.9 Å². The number of thiocarbonyl (C=S) groups is 1. The highest BCUT2D eigenvalue weighted by molar-refractivity contribution is 7.80. The van der Waals surface area contributed by atoms with Crippen molar-refractivity contribution in [1.29, 1.82) is 0 Å². The predicted molar refractivity (Wildman–Crippen MR) is 92.9 cm³/mol. The summed E-state index contributed by atoms with van der Waals surface area (Å²) in [6.07, 6.45) is 2.70. The van der Waals surface area contributed by atoms with E-state index in [1.807, 2.05) is 0 Å². The first kappa shape index (κ1) is 17.2. The standard InChI is InChI=1S/C16H12FN3O3S/c17-13-3-1-2-4-14(13)18-16(24)19-15(21)10-7-11-5-8-12(9-6-11)20(22)23/h1-10H,(H2,18,19,21,24)/b10-7+. The van der Waals surface area contributed by atoms with Gasteiger partial charge in [-0.2, -0.15) is 0 Å². The number of nitro benzene ring substituents is 1. The predicted octanol–water partition coefficient (Wildman–Crippen LogP) is 3.26. The molecule has 0 saturated carbocycles. The zero-order chi connectivity index (χ0) is 17.5. The first-order valence-corrected chi connectivity index (χ1v) is 7.15. The number of anilines is 1. The number of amides is 1. The number of hydrogen-bond acceptors (Lipinski definition) is 4. The number of benzene rings is 2. The molecule has 0 unspecified atom stereocenters. The van der Waals surface area contributed by atoms with Gasteiger partial charge in [-0.15, -0.1) is 0 Å². The van der Waals surface area contributed by atoms with E-state index in [4.69, 9.17) is 12.2 Å². The van der Waals surface area contributed by atoms with Gasteiger partial charge in [0.25, 0.3) is 5.69 Å². The summed E-state index contributed by atoms with van der Waals surface area (Å²) in [5.41, 5.74) is 0.734. The minimum absolute atomic E-state index is 0.0353. The van der Waals surface area contributed by atoms with Gasteiger partial charge in [-0.3, -0.25) is 20.2 Å². The Labute approximate surface area is 142 Å². The minimum atomic E-state index is -0.512. The number of non-ortho nitro benzene ring substituents is 1. The van der Waals surface area contributed by atoms with Crippen molar-refractivity contribution in [2.24, 2.45) is 0 Å². The number of nitrogens with zero attached hydrogens (tertiary/aromatic N) is 1. The van der Waals surface area contributed by atoms with E-state index in [9.17, 15) is 19.3 Å². The molecule has 0 heterocycles. The molecule has 122 valence electrons. The van der Waals surface area contributed by atoms with Crippen LogP contribution in [0.5, 0.6) is 0 Å². The molecule has 2 N–H and O–H groups in total. The van der Waals surface area contributed by atoms with Gasteiger partial charge in [0.1, 0.15) is 5.82 Å². The van der Waals surface area contributed by atoms with Crippen LogP contribution < -0.4 is 10.6 Å². The van der Waals surface area contributed by atoms with Crippen LogP contribution in [0.4, 0.5) is 15.8 Å². The van der Waals surface area contributed by atoms with Crippen LogP contribution in [0.2, 0.25) is 0 Å². The third-order valence-electron chi connectivity index (χ3n) is 2.89. The van der Waals surface area contributed by atoms with Gasteiger partial charge < -0.3 is 5.32 Å². The van der Waals surface area contributed by atoms with Crippen LogP contribution >= 0.6 is 12.2 Å². The molecule has 24 heavy (non-hydrogen) atoms. The zero-order valence-corrected chi connectivity index (χ0v) is 13.0. The van der Waals surface area contributed by atoms with Gasteiger partial charge >= 0.3 is 0 Å². The molecule has 0 bridgehead atoms. The number of para-hydroxylation sites is 1. The van der Waals surface area contributed by atoms with E-state index in [1.165, 1.54) is 54.6 Å². The van der Waals surface area contributed by atoms with Crippen LogP contribution in [0.15, 0.2) is 54.6 Å². The maximum absolute atomic E-state index is 13.4. The van der Waals surface area contributed by atoms with Gasteiger partial charge in [0, 0.05) is 18.2 Å². The molecule has 0 aliphatic rings. The SMILES string of the molecule is O=C(/C=C/c1ccc([N+](=O)[O-])cc1)NC(=S)Nc1ccccc1F. The van der Waals surface area contributed by atoms with E-state index in [2.05, 4.69) is 10.6 Å². The number of nitrogens with one attached hydrogen (secondary N) is 2. The molecule has 0 spiro atoms. The molecule has 0 radical (unpaired) electrons. The van der Waals surface area contributed by atoms with E-state index < -0.39 is 16.6 Å². The van der Waals surface area contributed by atoms with Crippen LogP contribution in [0.1, 0.15) is 5.56 Å². The monoisotopic (exact) mass is 345 g/mol. The lowest BCUT2D eigenvalue weighted by Gasteiger charge is -2.08. The molecule has 2 aromatic carbocycles. The Morgan fingerprint density at radius 2 is 1.83 bits per heavy atom. The smallest absolute Gasteiger partial charge is 0.269 e. The summed E-state index contributed by atoms with van der Waals surface area (Å²) in [7, 11) is 0. The summed E-state index contributed by atoms with van der Waals surface area (Å²) in [4.78, 5) is 21.8. The van der Waals surface area contributed by atoms with Crippen molar-refractivity contribution < 1.29 is 14.1 Å². The number of nitro groups is 1. The number of hydrogen-bond donors (Lipinski definition) is 2. The Kier molecular flexibility index (Phi) is 5.69. The van der Waals surface area contributed by atoms with Crippen molar-refractivity contribution >= 4 is 40.7 Å². The Balaban J connectivity index is 1.91. The fourth-order valence-electron chi connectivity index (χ4n) is 1.75. The lowest BCUT2D eigenvalue weighted by atomic mass is 10.2. The highest BCUT2D eigenvalue weighted by atomic mass is 32.1. The second-order valence-electron chi connectivity index (χ2n) is 4.61. The van der Waals surface area contributed by atoms with Gasteiger partial charge in [-0.05, 0) is 48.1 Å². The third-order valence-corrected chi connectivity index (χ3v) is 3.09. The van der Waals surface area contributed by atoms with Crippen LogP contribution in [-0.4, -0.2) is 15.9 Å². The molecule has 2 aromatic rings. The van der Waals surface area contributed by atoms with E-state index in [0.29, 0.717) is 5.56 Å². The molecular formula is C16H12FN3O3S. The highest BCUT2D eigenvalue weighted by Crippen LogP contribution is 2.13. The van der Waals surface area contributed by atoms with Crippen molar-refractivity contribution in [3.05, 3.63) is 76.1 Å². The first-order chi connectivity index (χ1) is 11.5. The average molecular weight is 345 g/mol. The molecule has 0 saturated heterocycles. The molecule has 0 atom stereocenters. The highest BCUT2D eigenvalue weighted by Gasteiger charge is 2.05. The van der Waals surface area contributed by atoms with Gasteiger partial charge in [0.05, 0.1) is 10.6 Å². The molecule has 2 rings (SSSR count). The molecular weight excluding hydrogens is 333 g/mol. The Morgan fingerprint density at radius 1 is 1.17 bits per heavy atom. The Morgan fingerprint density at radius 3 is 2.46 bits per heavy atom. The Hall–Kier alpha value is -3.13. The number of rotatable bonds is 4. The average Bonchev–Trinajstić information content (AvgIpc) is 2.55. The normalized spacial score (nSPS) is 10.4. The van der Waals surface area contributed by atoms with Crippen LogP contribution in [0.25, 0.3) is 6.08 Å². The molecule has 0 aromatic heterocycles. The first-order valence-electron chi connectivity index (χ1n) is 6.75. The minimum Gasteiger partial charge on any atom is -0.330 e. The summed E-state index contributed by atoms with van der Waals surface area (Å²) in [6.45, 7) is 0. The van der Waals surface area contributed by atoms with E-state index in [0.717, 1.165) is 0 Å². The van der Waals surface area contributed by atoms with E-state index >= 15 is 0 Å². The van der Waals surface area contributed by atoms with Crippen LogP contribution in [0.3, 0.4) is 0 Å². The summed E-state index contributed by atoms with van der Waals surface area (Å²) in [6, 6.07) is 11.6. The maximum atomic E-state index is 13.4. The van der Waals surface area contributed by atoms with Gasteiger partial charge in [-0.25, -0.2) is 4.39 Å². The van der Waals surface area contributed by atoms with Crippen molar-refractivity contribution in [2.45, 2.75) is 0 Å². The number of carbonyl (C=O) groups is 1. The zero-order valence-electron chi connectivity index (χ0n) is 12.2. The third kappa shape index (κ3) is 4.96. The van der Waals surface area contributed by atoms with Crippen molar-refractivity contribution in [1.82, 2.24) is 5.32 Å². The lowest BCUT2D eigenvalue weighted by molar-refractivity contribution is -0.384. The largest absolute Gasteiger partial charge is 0.330 e. The number of carbonyl (C=O) groups excluding carboxylic acids is 1. The summed E-state index contributed by atoms with van der Waals surface area (Å²) >= 11 is 4.93. The Bertz CT molecular complexity index is 806. The molecule has 0 fully saturated rings. The molecule has 0 aliphatic heterocycles. The molecule has 0 aliphatic carbocycles. The summed E-state index contributed by atoms with van der Waals surface area (Å²) in [5, 5.41) is 15.5. The second-order valence-corrected chi connectivity index (χ2v) is 5.01.